The Morgan fingerprint density at radius 2 is 2.06 bits per heavy atom. The Morgan fingerprint density at radius 3 is 2.65 bits per heavy atom. The maximum atomic E-state index is 11.9. The van der Waals surface area contributed by atoms with Crippen molar-refractivity contribution >= 4 is 21.6 Å². The average molecular weight is 259 g/mol. The second kappa shape index (κ2) is 5.85. The first-order valence-electron chi connectivity index (χ1n) is 5.06. The Balaban J connectivity index is 2.82. The number of benzene rings is 1. The zero-order valence-corrected chi connectivity index (χ0v) is 10.7. The summed E-state index contributed by atoms with van der Waals surface area (Å²) in [5, 5.41) is 0. The maximum Gasteiger partial charge on any atom is 0.301 e. The van der Waals surface area contributed by atoms with Crippen molar-refractivity contribution in [2.75, 3.05) is 37.3 Å². The molecule has 0 spiro atoms. The van der Waals surface area contributed by atoms with Gasteiger partial charge in [0.15, 0.2) is 0 Å². The fourth-order valence-corrected chi connectivity index (χ4v) is 2.23. The number of rotatable bonds is 6. The highest BCUT2D eigenvalue weighted by Crippen LogP contribution is 2.22. The highest BCUT2D eigenvalue weighted by Gasteiger charge is 2.18. The van der Waals surface area contributed by atoms with Crippen molar-refractivity contribution in [3.63, 3.8) is 0 Å². The van der Waals surface area contributed by atoms with Gasteiger partial charge in [0.05, 0.1) is 18.0 Å². The molecule has 0 heterocycles. The monoisotopic (exact) mass is 259 g/mol. The van der Waals surface area contributed by atoms with Crippen LogP contribution in [-0.4, -0.2) is 35.7 Å². The van der Waals surface area contributed by atoms with Crippen molar-refractivity contribution in [1.29, 1.82) is 0 Å². The normalized spacial score (nSPS) is 11.4. The van der Waals surface area contributed by atoms with Crippen LogP contribution < -0.4 is 14.8 Å². The van der Waals surface area contributed by atoms with Crippen molar-refractivity contribution in [3.8, 4) is 0 Å². The molecule has 1 rings (SSSR count). The molecule has 0 amide bonds. The first-order valence-corrected chi connectivity index (χ1v) is 6.50. The third-order valence-corrected chi connectivity index (χ3v) is 3.71. The number of nitrogens with one attached hydrogen (secondary N) is 1. The molecular formula is C10H17N3O3S. The van der Waals surface area contributed by atoms with E-state index in [0.717, 1.165) is 4.31 Å². The molecule has 96 valence electrons. The fraction of sp³-hybridized carbons (Fsp3) is 0.400. The Labute approximate surface area is 102 Å². The van der Waals surface area contributed by atoms with Crippen molar-refractivity contribution in [1.82, 2.24) is 4.72 Å². The summed E-state index contributed by atoms with van der Waals surface area (Å²) >= 11 is 0. The topological polar surface area (TPSA) is 84.7 Å². The number of nitrogen functional groups attached to an aromatic ring is 1. The lowest BCUT2D eigenvalue weighted by molar-refractivity contribution is 0.204. The number of hydrogen-bond acceptors (Lipinski definition) is 4. The molecule has 0 aliphatic rings. The molecule has 0 fully saturated rings. The van der Waals surface area contributed by atoms with Gasteiger partial charge in [-0.2, -0.15) is 13.1 Å². The Hall–Kier alpha value is -1.31. The molecule has 0 saturated heterocycles. The van der Waals surface area contributed by atoms with Gasteiger partial charge < -0.3 is 10.5 Å². The van der Waals surface area contributed by atoms with Crippen LogP contribution in [0.2, 0.25) is 0 Å². The summed E-state index contributed by atoms with van der Waals surface area (Å²) in [6, 6.07) is 6.77. The van der Waals surface area contributed by atoms with Crippen LogP contribution in [0.1, 0.15) is 0 Å². The number of methoxy groups -OCH3 is 1. The highest BCUT2D eigenvalue weighted by molar-refractivity contribution is 7.90. The van der Waals surface area contributed by atoms with Crippen molar-refractivity contribution in [3.05, 3.63) is 24.3 Å². The summed E-state index contributed by atoms with van der Waals surface area (Å²) in [7, 11) is -0.632. The minimum Gasteiger partial charge on any atom is -0.397 e. The number of nitrogens with zero attached hydrogens (tertiary/aromatic N) is 1. The SMILES string of the molecule is COCCNS(=O)(=O)N(C)c1ccccc1N. The molecule has 17 heavy (non-hydrogen) atoms. The second-order valence-corrected chi connectivity index (χ2v) is 5.21. The summed E-state index contributed by atoms with van der Waals surface area (Å²) in [5.41, 5.74) is 6.57. The highest BCUT2D eigenvalue weighted by atomic mass is 32.2. The number of ether oxygens (including phenoxy) is 1. The van der Waals surface area contributed by atoms with Crippen LogP contribution in [0.3, 0.4) is 0 Å². The van der Waals surface area contributed by atoms with E-state index in [0.29, 0.717) is 18.0 Å². The summed E-state index contributed by atoms with van der Waals surface area (Å²) in [6.07, 6.45) is 0. The minimum atomic E-state index is -3.58. The molecule has 0 aliphatic heterocycles. The van der Waals surface area contributed by atoms with Crippen LogP contribution in [0.25, 0.3) is 0 Å². The van der Waals surface area contributed by atoms with E-state index in [9.17, 15) is 8.42 Å². The van der Waals surface area contributed by atoms with Crippen LogP contribution in [0.15, 0.2) is 24.3 Å². The molecular weight excluding hydrogens is 242 g/mol. The van der Waals surface area contributed by atoms with E-state index in [1.807, 2.05) is 0 Å². The molecule has 0 aromatic heterocycles. The smallest absolute Gasteiger partial charge is 0.301 e. The van der Waals surface area contributed by atoms with Gasteiger partial charge in [-0.1, -0.05) is 12.1 Å². The quantitative estimate of drug-likeness (QED) is 0.564. The van der Waals surface area contributed by atoms with Gasteiger partial charge in [0.25, 0.3) is 0 Å². The van der Waals surface area contributed by atoms with E-state index >= 15 is 0 Å². The van der Waals surface area contributed by atoms with Crippen LogP contribution in [0.5, 0.6) is 0 Å². The van der Waals surface area contributed by atoms with E-state index in [1.54, 1.807) is 24.3 Å². The standard InChI is InChI=1S/C10H17N3O3S/c1-13(10-6-4-3-5-9(10)11)17(14,15)12-7-8-16-2/h3-6,12H,7-8,11H2,1-2H3. The molecule has 0 bridgehead atoms. The minimum absolute atomic E-state index is 0.218. The van der Waals surface area contributed by atoms with Crippen LogP contribution in [0, 0.1) is 0 Å². The summed E-state index contributed by atoms with van der Waals surface area (Å²) in [6.45, 7) is 0.535. The van der Waals surface area contributed by atoms with Gasteiger partial charge in [-0.15, -0.1) is 0 Å². The number of nitrogens with two attached hydrogens (primary N) is 1. The summed E-state index contributed by atoms with van der Waals surface area (Å²) < 4.78 is 32.0. The van der Waals surface area contributed by atoms with Gasteiger partial charge in [-0.3, -0.25) is 4.31 Å². The zero-order valence-electron chi connectivity index (χ0n) is 9.88. The molecule has 0 atom stereocenters. The van der Waals surface area contributed by atoms with Gasteiger partial charge in [0.1, 0.15) is 0 Å². The van der Waals surface area contributed by atoms with Gasteiger partial charge in [0.2, 0.25) is 0 Å². The lowest BCUT2D eigenvalue weighted by Crippen LogP contribution is -2.40. The molecule has 0 saturated carbocycles. The number of para-hydroxylation sites is 2. The lowest BCUT2D eigenvalue weighted by Gasteiger charge is -2.21. The van der Waals surface area contributed by atoms with Crippen molar-refractivity contribution < 1.29 is 13.2 Å². The second-order valence-electron chi connectivity index (χ2n) is 3.42. The van der Waals surface area contributed by atoms with E-state index in [-0.39, 0.29) is 6.54 Å². The molecule has 7 heteroatoms. The third-order valence-electron chi connectivity index (χ3n) is 2.23. The van der Waals surface area contributed by atoms with E-state index < -0.39 is 10.2 Å². The Morgan fingerprint density at radius 1 is 1.41 bits per heavy atom. The number of anilines is 2. The lowest BCUT2D eigenvalue weighted by atomic mass is 10.3. The van der Waals surface area contributed by atoms with E-state index in [2.05, 4.69) is 4.72 Å². The summed E-state index contributed by atoms with van der Waals surface area (Å²) in [4.78, 5) is 0. The average Bonchev–Trinajstić information content (AvgIpc) is 2.29. The Kier molecular flexibility index (Phi) is 4.73. The van der Waals surface area contributed by atoms with Gasteiger partial charge >= 0.3 is 10.2 Å². The molecule has 0 radical (unpaired) electrons. The molecule has 1 aromatic rings. The maximum absolute atomic E-state index is 11.9. The largest absolute Gasteiger partial charge is 0.397 e. The van der Waals surface area contributed by atoms with Crippen molar-refractivity contribution in [2.45, 2.75) is 0 Å². The predicted octanol–water partition coefficient (Wildman–Crippen LogP) is 0.186. The van der Waals surface area contributed by atoms with Crippen molar-refractivity contribution in [2.24, 2.45) is 0 Å². The van der Waals surface area contributed by atoms with Crippen LogP contribution in [-0.2, 0) is 14.9 Å². The van der Waals surface area contributed by atoms with Crippen LogP contribution >= 0.6 is 0 Å². The Bertz CT molecular complexity index is 462. The molecule has 1 aromatic carbocycles. The third kappa shape index (κ3) is 3.58. The van der Waals surface area contributed by atoms with E-state index in [1.165, 1.54) is 14.2 Å². The molecule has 6 nitrogen and oxygen atoms in total. The molecule has 3 N–H and O–H groups in total. The summed E-state index contributed by atoms with van der Waals surface area (Å²) in [5.74, 6) is 0. The molecule has 0 unspecified atom stereocenters. The van der Waals surface area contributed by atoms with Crippen LogP contribution in [0.4, 0.5) is 11.4 Å². The van der Waals surface area contributed by atoms with E-state index in [4.69, 9.17) is 10.5 Å². The first kappa shape index (κ1) is 13.8. The molecule has 0 aliphatic carbocycles. The fourth-order valence-electron chi connectivity index (χ4n) is 1.27. The zero-order chi connectivity index (χ0) is 12.9. The predicted molar refractivity (Wildman–Crippen MR) is 68.1 cm³/mol. The van der Waals surface area contributed by atoms with Gasteiger partial charge in [-0.05, 0) is 12.1 Å². The van der Waals surface area contributed by atoms with Gasteiger partial charge in [-0.25, -0.2) is 0 Å². The van der Waals surface area contributed by atoms with Gasteiger partial charge in [0, 0.05) is 20.7 Å². The first-order chi connectivity index (χ1) is 7.99. The number of hydrogen-bond donors (Lipinski definition) is 2.